The third-order valence-electron chi connectivity index (χ3n) is 7.47. The van der Waals surface area contributed by atoms with Crippen LogP contribution in [0, 0.1) is 0 Å². The van der Waals surface area contributed by atoms with Gasteiger partial charge in [-0.15, -0.1) is 0 Å². The molecule has 2 aliphatic rings. The first-order chi connectivity index (χ1) is 16.6. The van der Waals surface area contributed by atoms with Crippen LogP contribution in [0.25, 0.3) is 34.4 Å². The van der Waals surface area contributed by atoms with Gasteiger partial charge in [0.25, 0.3) is 0 Å². The number of rotatable bonds is 4. The SMILES string of the molecule is [CH2]=[Ti+2]([CH]1C(C)=Cc2c(-c3ccccc3)cccc21)[CH]1C(C)=Cc2c(-c3ccccc3)cccc21.[Cl-].[Cl-]. The van der Waals surface area contributed by atoms with E-state index in [1.54, 1.807) is 0 Å². The monoisotopic (exact) mass is 542 g/mol. The molecule has 36 heavy (non-hydrogen) atoms. The number of hydrogen-bond donors (Lipinski definition) is 0. The quantitative estimate of drug-likeness (QED) is 0.348. The van der Waals surface area contributed by atoms with Crippen LogP contribution in [-0.4, -0.2) is 4.82 Å². The van der Waals surface area contributed by atoms with Gasteiger partial charge >= 0.3 is 209 Å². The number of allylic oxidation sites excluding steroid dienone is 2. The van der Waals surface area contributed by atoms with Crippen LogP contribution in [0.4, 0.5) is 0 Å². The van der Waals surface area contributed by atoms with E-state index in [1.807, 2.05) is 0 Å². The van der Waals surface area contributed by atoms with E-state index >= 15 is 0 Å². The van der Waals surface area contributed by atoms with Crippen molar-refractivity contribution in [1.29, 1.82) is 0 Å². The van der Waals surface area contributed by atoms with Gasteiger partial charge in [-0.05, 0) is 0 Å². The number of benzene rings is 4. The predicted molar refractivity (Wildman–Crippen MR) is 144 cm³/mol. The van der Waals surface area contributed by atoms with Crippen LogP contribution in [0.2, 0.25) is 0 Å². The van der Waals surface area contributed by atoms with Crippen molar-refractivity contribution in [3.8, 4) is 22.3 Å². The molecule has 0 saturated heterocycles. The average molecular weight is 543 g/mol. The molecular formula is C33H28Cl2Ti. The van der Waals surface area contributed by atoms with Crippen LogP contribution in [0.1, 0.15) is 44.5 Å². The molecule has 0 amide bonds. The molecule has 2 atom stereocenters. The van der Waals surface area contributed by atoms with Gasteiger partial charge in [0, 0.05) is 0 Å². The molecule has 6 rings (SSSR count). The summed E-state index contributed by atoms with van der Waals surface area (Å²) in [5.74, 6) is 0. The zero-order valence-corrected chi connectivity index (χ0v) is 23.6. The smallest absolute Gasteiger partial charge is 1.00 e. The standard InChI is InChI=1S/2C16H13.CH2.2ClH.Ti/c2*1-12-10-14-8-5-9-15(16(14)11-12)13-6-3-2-4-7-13;;;;/h2*2-11H,1H3;1H2;2*1H;/q;;;;;+2/p-2. The largest absolute Gasteiger partial charge is 1.00 e. The normalized spacial score (nSPS) is 16.9. The van der Waals surface area contributed by atoms with Gasteiger partial charge in [-0.1, -0.05) is 0 Å². The second-order valence-corrected chi connectivity index (χ2v) is 13.2. The Bertz CT molecular complexity index is 1370. The molecule has 0 aliphatic heterocycles. The summed E-state index contributed by atoms with van der Waals surface area (Å²) < 4.78 is 0.969. The fourth-order valence-electron chi connectivity index (χ4n) is 5.99. The van der Waals surface area contributed by atoms with E-state index < -0.39 is 17.4 Å². The molecule has 0 heterocycles. The fourth-order valence-corrected chi connectivity index (χ4v) is 10.6. The molecule has 3 heteroatoms. The Kier molecular flexibility index (Phi) is 8.03. The summed E-state index contributed by atoms with van der Waals surface area (Å²) in [7, 11) is 0. The molecule has 178 valence electrons. The minimum absolute atomic E-state index is 0. The van der Waals surface area contributed by atoms with Crippen molar-refractivity contribution in [2.24, 2.45) is 0 Å². The van der Waals surface area contributed by atoms with Crippen LogP contribution in [-0.2, 0) is 17.4 Å². The van der Waals surface area contributed by atoms with Gasteiger partial charge in [0.2, 0.25) is 0 Å². The van der Waals surface area contributed by atoms with E-state index in [0.717, 1.165) is 0 Å². The van der Waals surface area contributed by atoms with Crippen molar-refractivity contribution < 1.29 is 42.2 Å². The molecule has 0 radical (unpaired) electrons. The summed E-state index contributed by atoms with van der Waals surface area (Å²) in [4.78, 5) is 4.99. The van der Waals surface area contributed by atoms with Gasteiger partial charge < -0.3 is 24.8 Å². The van der Waals surface area contributed by atoms with Crippen molar-refractivity contribution in [1.82, 2.24) is 0 Å². The van der Waals surface area contributed by atoms with Gasteiger partial charge in [-0.3, -0.25) is 0 Å². The van der Waals surface area contributed by atoms with E-state index in [9.17, 15) is 0 Å². The molecule has 4 aromatic rings. The Balaban J connectivity index is 0.00000152. The molecule has 0 spiro atoms. The summed E-state index contributed by atoms with van der Waals surface area (Å²) in [6, 6.07) is 35.3. The predicted octanol–water partition coefficient (Wildman–Crippen LogP) is 2.70. The Morgan fingerprint density at radius 3 is 1.31 bits per heavy atom. The first-order valence-corrected chi connectivity index (χ1v) is 15.0. The van der Waals surface area contributed by atoms with Crippen LogP contribution in [0.15, 0.2) is 108 Å². The molecule has 0 N–H and O–H groups in total. The second kappa shape index (κ2) is 10.9. The van der Waals surface area contributed by atoms with Crippen LogP contribution in [0.3, 0.4) is 0 Å². The maximum Gasteiger partial charge on any atom is -1.00 e. The van der Waals surface area contributed by atoms with Crippen molar-refractivity contribution in [2.45, 2.75) is 22.3 Å². The molecule has 0 aromatic heterocycles. The topological polar surface area (TPSA) is 0 Å². The van der Waals surface area contributed by atoms with Crippen LogP contribution in [0.5, 0.6) is 0 Å². The molecule has 2 aliphatic carbocycles. The molecular weight excluding hydrogens is 515 g/mol. The van der Waals surface area contributed by atoms with Crippen molar-refractivity contribution in [3.63, 3.8) is 0 Å². The zero-order valence-electron chi connectivity index (χ0n) is 20.5. The Morgan fingerprint density at radius 2 is 0.917 bits per heavy atom. The Labute approximate surface area is 233 Å². The first-order valence-electron chi connectivity index (χ1n) is 12.0. The number of hydrogen-bond acceptors (Lipinski definition) is 0. The minimum atomic E-state index is -1.86. The average Bonchev–Trinajstić information content (AvgIpc) is 3.39. The number of halogens is 2. The summed E-state index contributed by atoms with van der Waals surface area (Å²) in [6.45, 7) is 4.65. The number of fused-ring (bicyclic) bond motifs is 2. The fraction of sp³-hybridized carbons (Fsp3) is 0.121. The van der Waals surface area contributed by atoms with E-state index in [1.165, 1.54) is 55.7 Å². The van der Waals surface area contributed by atoms with Gasteiger partial charge in [-0.25, -0.2) is 0 Å². The summed E-state index contributed by atoms with van der Waals surface area (Å²) in [5, 5.41) is 0. The first kappa shape index (κ1) is 26.6. The van der Waals surface area contributed by atoms with Crippen molar-refractivity contribution in [3.05, 3.63) is 130 Å². The van der Waals surface area contributed by atoms with E-state index in [4.69, 9.17) is 4.82 Å². The maximum absolute atomic E-state index is 4.99. The third-order valence-corrected chi connectivity index (χ3v) is 12.2. The molecule has 4 aromatic carbocycles. The summed E-state index contributed by atoms with van der Waals surface area (Å²) in [6.07, 6.45) is 4.88. The third kappa shape index (κ3) is 4.42. The Morgan fingerprint density at radius 1 is 0.528 bits per heavy atom. The van der Waals surface area contributed by atoms with Crippen molar-refractivity contribution in [2.75, 3.05) is 0 Å². The molecule has 0 bridgehead atoms. The second-order valence-electron chi connectivity index (χ2n) is 9.57. The van der Waals surface area contributed by atoms with E-state index in [0.29, 0.717) is 8.45 Å². The molecule has 0 saturated carbocycles. The van der Waals surface area contributed by atoms with Gasteiger partial charge in [0.15, 0.2) is 0 Å². The summed E-state index contributed by atoms with van der Waals surface area (Å²) in [5.41, 5.74) is 14.0. The van der Waals surface area contributed by atoms with Crippen LogP contribution < -0.4 is 24.8 Å². The Hall–Kier alpha value is -2.48. The van der Waals surface area contributed by atoms with Crippen LogP contribution >= 0.6 is 0 Å². The molecule has 0 fully saturated rings. The molecule has 0 nitrogen and oxygen atoms in total. The van der Waals surface area contributed by atoms with Gasteiger partial charge in [0.05, 0.1) is 0 Å². The summed E-state index contributed by atoms with van der Waals surface area (Å²) >= 11 is -1.86. The van der Waals surface area contributed by atoms with E-state index in [-0.39, 0.29) is 24.8 Å². The minimum Gasteiger partial charge on any atom is -1.00 e. The van der Waals surface area contributed by atoms with Gasteiger partial charge in [-0.2, -0.15) is 0 Å². The van der Waals surface area contributed by atoms with E-state index in [2.05, 4.69) is 123 Å². The zero-order chi connectivity index (χ0) is 23.2. The maximum atomic E-state index is 4.99. The van der Waals surface area contributed by atoms with Crippen molar-refractivity contribution >= 4 is 17.0 Å². The van der Waals surface area contributed by atoms with Gasteiger partial charge in [0.1, 0.15) is 0 Å². The molecule has 2 unspecified atom stereocenters.